The normalized spacial score (nSPS) is 17.7. The van der Waals surface area contributed by atoms with Crippen LogP contribution in [0.15, 0.2) is 24.3 Å². The third-order valence-corrected chi connectivity index (χ3v) is 3.58. The highest BCUT2D eigenvalue weighted by atomic mass is 15.6. The number of anilines is 1. The van der Waals surface area contributed by atoms with Crippen LogP contribution >= 0.6 is 0 Å². The van der Waals surface area contributed by atoms with Crippen LogP contribution in [0.4, 0.5) is 5.69 Å². The predicted octanol–water partition coefficient (Wildman–Crippen LogP) is 1.82. The molecule has 0 spiro atoms. The molecule has 1 aromatic carbocycles. The van der Waals surface area contributed by atoms with Gasteiger partial charge in [0.15, 0.2) is 5.82 Å². The van der Waals surface area contributed by atoms with Crippen LogP contribution in [0.25, 0.3) is 11.4 Å². The number of hydrogen-bond acceptors (Lipinski definition) is 4. The maximum atomic E-state index is 5.68. The van der Waals surface area contributed by atoms with Crippen molar-refractivity contribution in [2.75, 3.05) is 5.73 Å². The van der Waals surface area contributed by atoms with Crippen molar-refractivity contribution in [3.05, 3.63) is 24.3 Å². The molecule has 1 aromatic heterocycles. The Bertz CT molecular complexity index is 524. The fourth-order valence-electron chi connectivity index (χ4n) is 2.26. The minimum Gasteiger partial charge on any atom is -0.399 e. The fraction of sp³-hybridized carbons (Fsp3) is 0.417. The monoisotopic (exact) mass is 229 g/mol. The Morgan fingerprint density at radius 3 is 2.53 bits per heavy atom. The summed E-state index contributed by atoms with van der Waals surface area (Å²) in [5, 5.41) is 12.1. The zero-order chi connectivity index (χ0) is 11.9. The molecule has 3 rings (SSSR count). The van der Waals surface area contributed by atoms with E-state index in [9.17, 15) is 0 Å². The molecule has 2 N–H and O–H groups in total. The molecule has 1 heterocycles. The molecule has 1 aliphatic rings. The first-order valence-corrected chi connectivity index (χ1v) is 5.84. The number of nitrogen functional groups attached to an aromatic ring is 1. The Labute approximate surface area is 99.6 Å². The van der Waals surface area contributed by atoms with Crippen molar-refractivity contribution in [1.29, 1.82) is 0 Å². The summed E-state index contributed by atoms with van der Waals surface area (Å²) in [6, 6.07) is 7.66. The molecule has 0 radical (unpaired) electrons. The molecular formula is C12H15N5. The van der Waals surface area contributed by atoms with E-state index >= 15 is 0 Å². The van der Waals surface area contributed by atoms with E-state index in [-0.39, 0.29) is 5.54 Å². The van der Waals surface area contributed by atoms with Crippen molar-refractivity contribution in [2.45, 2.75) is 31.7 Å². The Morgan fingerprint density at radius 1 is 1.24 bits per heavy atom. The number of nitrogens with zero attached hydrogens (tertiary/aromatic N) is 4. The van der Waals surface area contributed by atoms with Gasteiger partial charge in [0.2, 0.25) is 0 Å². The van der Waals surface area contributed by atoms with Crippen molar-refractivity contribution >= 4 is 5.69 Å². The lowest BCUT2D eigenvalue weighted by Crippen LogP contribution is -2.38. The molecule has 0 atom stereocenters. The second-order valence-corrected chi connectivity index (χ2v) is 4.89. The molecule has 0 unspecified atom stereocenters. The SMILES string of the molecule is CC1(n2nnnc2-c2ccc(N)cc2)CCC1. The van der Waals surface area contributed by atoms with Crippen LogP contribution in [0, 0.1) is 0 Å². The van der Waals surface area contributed by atoms with E-state index in [1.807, 2.05) is 28.9 Å². The minimum absolute atomic E-state index is 0.0836. The highest BCUT2D eigenvalue weighted by Crippen LogP contribution is 2.39. The second-order valence-electron chi connectivity index (χ2n) is 4.89. The van der Waals surface area contributed by atoms with Crippen molar-refractivity contribution in [2.24, 2.45) is 0 Å². The summed E-state index contributed by atoms with van der Waals surface area (Å²) in [6.07, 6.45) is 3.53. The van der Waals surface area contributed by atoms with E-state index < -0.39 is 0 Å². The lowest BCUT2D eigenvalue weighted by molar-refractivity contribution is 0.148. The van der Waals surface area contributed by atoms with Gasteiger partial charge in [0.25, 0.3) is 0 Å². The van der Waals surface area contributed by atoms with Crippen molar-refractivity contribution in [3.63, 3.8) is 0 Å². The highest BCUT2D eigenvalue weighted by molar-refractivity contribution is 5.58. The van der Waals surface area contributed by atoms with E-state index in [4.69, 9.17) is 5.73 Å². The number of aromatic nitrogens is 4. The molecular weight excluding hydrogens is 214 g/mol. The summed E-state index contributed by atoms with van der Waals surface area (Å²) >= 11 is 0. The third kappa shape index (κ3) is 1.58. The molecule has 5 nitrogen and oxygen atoms in total. The van der Waals surface area contributed by atoms with Crippen LogP contribution in [-0.4, -0.2) is 20.2 Å². The molecule has 0 saturated heterocycles. The van der Waals surface area contributed by atoms with Crippen LogP contribution < -0.4 is 5.73 Å². The molecule has 1 fully saturated rings. The summed E-state index contributed by atoms with van der Waals surface area (Å²) in [4.78, 5) is 0. The van der Waals surface area contributed by atoms with Gasteiger partial charge in [-0.2, -0.15) is 0 Å². The van der Waals surface area contributed by atoms with Gasteiger partial charge in [-0.05, 0) is 60.9 Å². The Kier molecular flexibility index (Phi) is 2.14. The Morgan fingerprint density at radius 2 is 1.94 bits per heavy atom. The Balaban J connectivity index is 2.04. The zero-order valence-corrected chi connectivity index (χ0v) is 9.80. The maximum Gasteiger partial charge on any atom is 0.182 e. The van der Waals surface area contributed by atoms with E-state index in [1.165, 1.54) is 6.42 Å². The van der Waals surface area contributed by atoms with Crippen LogP contribution in [0.5, 0.6) is 0 Å². The van der Waals surface area contributed by atoms with Crippen molar-refractivity contribution in [3.8, 4) is 11.4 Å². The van der Waals surface area contributed by atoms with Gasteiger partial charge in [0.1, 0.15) is 0 Å². The van der Waals surface area contributed by atoms with Crippen LogP contribution in [0.1, 0.15) is 26.2 Å². The quantitative estimate of drug-likeness (QED) is 0.797. The first-order chi connectivity index (χ1) is 8.19. The molecule has 1 aliphatic carbocycles. The highest BCUT2D eigenvalue weighted by Gasteiger charge is 2.37. The summed E-state index contributed by atoms with van der Waals surface area (Å²) in [5.74, 6) is 0.826. The number of rotatable bonds is 2. The lowest BCUT2D eigenvalue weighted by Gasteiger charge is -2.38. The standard InChI is InChI=1S/C12H15N5/c1-12(7-2-8-12)17-11(14-15-16-17)9-3-5-10(13)6-4-9/h3-6H,2,7-8,13H2,1H3. The second kappa shape index (κ2) is 3.55. The fourth-order valence-corrected chi connectivity index (χ4v) is 2.26. The van der Waals surface area contributed by atoms with E-state index in [1.54, 1.807) is 0 Å². The summed E-state index contributed by atoms with van der Waals surface area (Å²) < 4.78 is 1.95. The zero-order valence-electron chi connectivity index (χ0n) is 9.80. The summed E-state index contributed by atoms with van der Waals surface area (Å²) in [6.45, 7) is 2.20. The number of benzene rings is 1. The van der Waals surface area contributed by atoms with Gasteiger partial charge >= 0.3 is 0 Å². The minimum atomic E-state index is 0.0836. The number of tetrazole rings is 1. The van der Waals surface area contributed by atoms with Crippen molar-refractivity contribution in [1.82, 2.24) is 20.2 Å². The van der Waals surface area contributed by atoms with E-state index in [0.29, 0.717) is 0 Å². The number of hydrogen-bond donors (Lipinski definition) is 1. The van der Waals surface area contributed by atoms with Gasteiger partial charge in [0.05, 0.1) is 5.54 Å². The van der Waals surface area contributed by atoms with Crippen LogP contribution in [0.2, 0.25) is 0 Å². The Hall–Kier alpha value is -1.91. The molecule has 0 aliphatic heterocycles. The molecule has 5 heteroatoms. The largest absolute Gasteiger partial charge is 0.399 e. The molecule has 0 amide bonds. The summed E-state index contributed by atoms with van der Waals surface area (Å²) in [5.41, 5.74) is 7.53. The molecule has 0 bridgehead atoms. The lowest BCUT2D eigenvalue weighted by atomic mass is 9.78. The smallest absolute Gasteiger partial charge is 0.182 e. The van der Waals surface area contributed by atoms with Gasteiger partial charge in [-0.15, -0.1) is 5.10 Å². The van der Waals surface area contributed by atoms with Crippen LogP contribution in [0.3, 0.4) is 0 Å². The van der Waals surface area contributed by atoms with Gasteiger partial charge in [-0.25, -0.2) is 4.68 Å². The average Bonchev–Trinajstić information content (AvgIpc) is 2.76. The van der Waals surface area contributed by atoms with Gasteiger partial charge in [-0.3, -0.25) is 0 Å². The van der Waals surface area contributed by atoms with Gasteiger partial charge < -0.3 is 5.73 Å². The molecule has 2 aromatic rings. The van der Waals surface area contributed by atoms with Crippen LogP contribution in [-0.2, 0) is 5.54 Å². The first-order valence-electron chi connectivity index (χ1n) is 5.84. The topological polar surface area (TPSA) is 69.6 Å². The predicted molar refractivity (Wildman–Crippen MR) is 65.2 cm³/mol. The van der Waals surface area contributed by atoms with E-state index in [0.717, 1.165) is 29.9 Å². The molecule has 1 saturated carbocycles. The first kappa shape index (κ1) is 10.3. The van der Waals surface area contributed by atoms with E-state index in [2.05, 4.69) is 22.4 Å². The van der Waals surface area contributed by atoms with Crippen molar-refractivity contribution < 1.29 is 0 Å². The number of nitrogens with two attached hydrogens (primary N) is 1. The molecule has 17 heavy (non-hydrogen) atoms. The van der Waals surface area contributed by atoms with Gasteiger partial charge in [0, 0.05) is 11.3 Å². The van der Waals surface area contributed by atoms with Gasteiger partial charge in [-0.1, -0.05) is 0 Å². The molecule has 88 valence electrons. The summed E-state index contributed by atoms with van der Waals surface area (Å²) in [7, 11) is 0. The third-order valence-electron chi connectivity index (χ3n) is 3.58. The maximum absolute atomic E-state index is 5.68. The average molecular weight is 229 g/mol.